The highest BCUT2D eigenvalue weighted by Gasteiger charge is 2.60. The van der Waals surface area contributed by atoms with E-state index in [0.717, 1.165) is 51.9 Å². The maximum atomic E-state index is 16.1. The average Bonchev–Trinajstić information content (AvgIpc) is 3.52. The molecular weight excluding hydrogens is 537 g/mol. The molecule has 4 aliphatic heterocycles. The van der Waals surface area contributed by atoms with Crippen molar-refractivity contribution in [3.05, 3.63) is 11.8 Å². The summed E-state index contributed by atoms with van der Waals surface area (Å²) in [5.74, 6) is -0.0354. The molecule has 3 saturated carbocycles. The normalized spacial score (nSPS) is 40.6. The lowest BCUT2D eigenvalue weighted by molar-refractivity contribution is -0.208. The smallest absolute Gasteiger partial charge is 0.259 e. The van der Waals surface area contributed by atoms with Crippen molar-refractivity contribution in [3.8, 4) is 0 Å². The van der Waals surface area contributed by atoms with E-state index in [-0.39, 0.29) is 47.8 Å². The number of nitrogens with one attached hydrogen (secondary N) is 1. The van der Waals surface area contributed by atoms with Crippen LogP contribution in [0.25, 0.3) is 0 Å². The topological polar surface area (TPSA) is 85.4 Å². The number of fused-ring (bicyclic) bond motifs is 3. The summed E-state index contributed by atoms with van der Waals surface area (Å²) in [7, 11) is 2.04. The van der Waals surface area contributed by atoms with Gasteiger partial charge in [0.15, 0.2) is 5.78 Å². The molecule has 6 fully saturated rings. The highest BCUT2D eigenvalue weighted by molar-refractivity contribution is 6.20. The van der Waals surface area contributed by atoms with Crippen LogP contribution < -0.4 is 5.32 Å². The van der Waals surface area contributed by atoms with Gasteiger partial charge in [-0.1, -0.05) is 25.7 Å². The molecule has 0 aromatic heterocycles. The molecule has 0 bridgehead atoms. The number of carbonyl (C=O) groups is 3. The number of piperazine rings is 1. The van der Waals surface area contributed by atoms with Crippen molar-refractivity contribution in [2.24, 2.45) is 17.8 Å². The number of rotatable bonds is 5. The van der Waals surface area contributed by atoms with Gasteiger partial charge in [0.1, 0.15) is 12.3 Å². The minimum absolute atomic E-state index is 0.00767. The van der Waals surface area contributed by atoms with Crippen LogP contribution in [0.4, 0.5) is 4.39 Å². The molecule has 10 heteroatoms. The molecule has 232 valence electrons. The van der Waals surface area contributed by atoms with E-state index in [9.17, 15) is 14.4 Å². The Bertz CT molecular complexity index is 1090. The van der Waals surface area contributed by atoms with Crippen molar-refractivity contribution in [1.29, 1.82) is 0 Å². The van der Waals surface area contributed by atoms with Crippen LogP contribution in [0.5, 0.6) is 0 Å². The van der Waals surface area contributed by atoms with E-state index < -0.39 is 24.2 Å². The molecular formula is C32H48FN5O4. The molecule has 2 amide bonds. The minimum Gasteiger partial charge on any atom is -0.368 e. The standard InChI is InChI=1S/C32H48FN5O4/c1-35-12-14-37(15-13-35)32(41)23-19-38-25-16-20-6-2-3-7-21(20)17-26(25)42-31-28(24(33)18-22(29(31)38)30(23)40)34-27(39)8-11-36-9-4-5-10-36/h19-22,24-26,28-29,31H,2-18H2,1H3,(H,34,39). The van der Waals surface area contributed by atoms with Gasteiger partial charge in [0.05, 0.1) is 29.8 Å². The summed E-state index contributed by atoms with van der Waals surface area (Å²) in [4.78, 5) is 49.4. The van der Waals surface area contributed by atoms with E-state index in [1.54, 1.807) is 4.90 Å². The number of morpholine rings is 1. The lowest BCUT2D eigenvalue weighted by Crippen LogP contribution is -2.73. The largest absolute Gasteiger partial charge is 0.368 e. The number of hydrogen-bond acceptors (Lipinski definition) is 7. The highest BCUT2D eigenvalue weighted by Crippen LogP contribution is 2.50. The first-order valence-electron chi connectivity index (χ1n) is 16.7. The predicted octanol–water partition coefficient (Wildman–Crippen LogP) is 1.96. The van der Waals surface area contributed by atoms with Crippen LogP contribution in [0.15, 0.2) is 11.8 Å². The second-order valence-electron chi connectivity index (χ2n) is 14.2. The van der Waals surface area contributed by atoms with Gasteiger partial charge in [-0.3, -0.25) is 14.4 Å². The number of nitrogens with zero attached hydrogens (tertiary/aromatic N) is 4. The van der Waals surface area contributed by atoms with Crippen LogP contribution in [-0.4, -0.2) is 127 Å². The van der Waals surface area contributed by atoms with Gasteiger partial charge in [0.25, 0.3) is 5.91 Å². The van der Waals surface area contributed by atoms with Crippen molar-refractivity contribution in [2.75, 3.05) is 52.9 Å². The summed E-state index contributed by atoms with van der Waals surface area (Å²) in [6.07, 6.45) is 9.24. The number of carbonyl (C=O) groups excluding carboxylic acids is 3. The van der Waals surface area contributed by atoms with Crippen LogP contribution in [0.1, 0.15) is 64.2 Å². The van der Waals surface area contributed by atoms with E-state index >= 15 is 4.39 Å². The van der Waals surface area contributed by atoms with Crippen LogP contribution >= 0.6 is 0 Å². The molecule has 7 aliphatic rings. The number of ketones is 1. The number of likely N-dealkylation sites (N-methyl/N-ethyl adjacent to an activating group) is 1. The van der Waals surface area contributed by atoms with Crippen molar-refractivity contribution >= 4 is 17.6 Å². The maximum absolute atomic E-state index is 16.1. The second-order valence-corrected chi connectivity index (χ2v) is 14.2. The van der Waals surface area contributed by atoms with Gasteiger partial charge in [-0.15, -0.1) is 0 Å². The van der Waals surface area contributed by atoms with E-state index in [4.69, 9.17) is 4.74 Å². The number of amides is 2. The Hall–Kier alpha value is -2.04. The Morgan fingerprint density at radius 3 is 2.43 bits per heavy atom. The van der Waals surface area contributed by atoms with Crippen molar-refractivity contribution in [2.45, 2.75) is 101 Å². The van der Waals surface area contributed by atoms with Gasteiger partial charge >= 0.3 is 0 Å². The molecule has 0 radical (unpaired) electrons. The van der Waals surface area contributed by atoms with Gasteiger partial charge in [0.2, 0.25) is 5.91 Å². The molecule has 4 heterocycles. The van der Waals surface area contributed by atoms with E-state index in [2.05, 4.69) is 20.0 Å². The summed E-state index contributed by atoms with van der Waals surface area (Å²) >= 11 is 0. The Kier molecular flexibility index (Phi) is 8.07. The Morgan fingerprint density at radius 2 is 1.69 bits per heavy atom. The molecule has 0 aromatic rings. The lowest BCUT2D eigenvalue weighted by atomic mass is 9.65. The summed E-state index contributed by atoms with van der Waals surface area (Å²) < 4.78 is 22.9. The first kappa shape index (κ1) is 28.7. The van der Waals surface area contributed by atoms with Gasteiger partial charge in [-0.05, 0) is 64.1 Å². The molecule has 9 nitrogen and oxygen atoms in total. The fourth-order valence-electron chi connectivity index (χ4n) is 9.32. The SMILES string of the molecule is CN1CCN(C(=O)C2=CN3C4CC5CCCCC5CC4OC4C(NC(=O)CCN5CCCC5)C(F)CC(C2=O)C43)CC1. The molecule has 0 aromatic carbocycles. The maximum Gasteiger partial charge on any atom is 0.259 e. The van der Waals surface area contributed by atoms with E-state index in [1.807, 2.05) is 13.2 Å². The van der Waals surface area contributed by atoms with Crippen LogP contribution in [-0.2, 0) is 19.1 Å². The van der Waals surface area contributed by atoms with Gasteiger partial charge < -0.3 is 29.7 Å². The summed E-state index contributed by atoms with van der Waals surface area (Å²) in [6.45, 7) is 5.45. The zero-order valence-corrected chi connectivity index (χ0v) is 25.1. The van der Waals surface area contributed by atoms with E-state index in [1.165, 1.54) is 25.7 Å². The zero-order valence-electron chi connectivity index (χ0n) is 25.1. The van der Waals surface area contributed by atoms with Gasteiger partial charge in [-0.2, -0.15) is 0 Å². The fraction of sp³-hybridized carbons (Fsp3) is 0.844. The third kappa shape index (κ3) is 5.30. The Labute approximate surface area is 249 Å². The first-order valence-corrected chi connectivity index (χ1v) is 16.7. The van der Waals surface area contributed by atoms with Crippen molar-refractivity contribution in [3.63, 3.8) is 0 Å². The number of ether oxygens (including phenoxy) is 1. The first-order chi connectivity index (χ1) is 20.4. The molecule has 0 spiro atoms. The highest BCUT2D eigenvalue weighted by atomic mass is 19.1. The average molecular weight is 586 g/mol. The number of halogens is 1. The third-order valence-electron chi connectivity index (χ3n) is 11.7. The molecule has 3 saturated heterocycles. The van der Waals surface area contributed by atoms with Crippen LogP contribution in [0, 0.1) is 17.8 Å². The molecule has 9 atom stereocenters. The predicted molar refractivity (Wildman–Crippen MR) is 155 cm³/mol. The minimum atomic E-state index is -1.40. The molecule has 42 heavy (non-hydrogen) atoms. The Morgan fingerprint density at radius 1 is 0.976 bits per heavy atom. The van der Waals surface area contributed by atoms with Crippen LogP contribution in [0.3, 0.4) is 0 Å². The van der Waals surface area contributed by atoms with Crippen molar-refractivity contribution < 1.29 is 23.5 Å². The summed E-state index contributed by atoms with van der Waals surface area (Å²) in [5, 5.41) is 3.03. The number of hydrogen-bond donors (Lipinski definition) is 1. The van der Waals surface area contributed by atoms with E-state index in [0.29, 0.717) is 37.9 Å². The number of Topliss-reactive ketones (excluding diaryl/α,β-unsaturated/α-hetero) is 1. The molecule has 7 rings (SSSR count). The fourth-order valence-corrected chi connectivity index (χ4v) is 9.32. The summed E-state index contributed by atoms with van der Waals surface area (Å²) in [5.41, 5.74) is 0.214. The summed E-state index contributed by atoms with van der Waals surface area (Å²) in [6, 6.07) is -1.08. The molecule has 9 unspecified atom stereocenters. The monoisotopic (exact) mass is 585 g/mol. The second kappa shape index (κ2) is 11.8. The van der Waals surface area contributed by atoms with Gasteiger partial charge in [-0.25, -0.2) is 4.39 Å². The Balaban J connectivity index is 1.17. The molecule has 1 N–H and O–H groups in total. The quantitative estimate of drug-likeness (QED) is 0.494. The van der Waals surface area contributed by atoms with Crippen molar-refractivity contribution in [1.82, 2.24) is 24.9 Å². The lowest BCUT2D eigenvalue weighted by Gasteiger charge is -2.60. The van der Waals surface area contributed by atoms with Gasteiger partial charge in [0, 0.05) is 51.3 Å². The number of alkyl halides is 1. The molecule has 3 aliphatic carbocycles. The number of likely N-dealkylation sites (tertiary alicyclic amines) is 1. The van der Waals surface area contributed by atoms with Crippen LogP contribution in [0.2, 0.25) is 0 Å². The zero-order chi connectivity index (χ0) is 29.0. The third-order valence-corrected chi connectivity index (χ3v) is 11.7.